The zero-order valence-electron chi connectivity index (χ0n) is 11.3. The lowest BCUT2D eigenvalue weighted by Gasteiger charge is -2.07. The standard InChI is InChI=1S/C15H14N4O/c1-9-6-7-11(8-10(9)2)15(20)16-12-4-3-5-13-14(12)18-19-17-13/h3-8H,1-2H3,(H,16,20)(H,17,18,19). The number of aryl methyl sites for hydroxylation is 2. The number of hydrogen-bond acceptors (Lipinski definition) is 3. The summed E-state index contributed by atoms with van der Waals surface area (Å²) in [5.41, 5.74) is 4.93. The van der Waals surface area contributed by atoms with Crippen LogP contribution in [-0.2, 0) is 0 Å². The van der Waals surface area contributed by atoms with Crippen molar-refractivity contribution in [3.05, 3.63) is 53.1 Å². The van der Waals surface area contributed by atoms with E-state index in [-0.39, 0.29) is 5.91 Å². The molecule has 0 radical (unpaired) electrons. The topological polar surface area (TPSA) is 70.7 Å². The molecule has 0 bridgehead atoms. The summed E-state index contributed by atoms with van der Waals surface area (Å²) in [6.07, 6.45) is 0. The van der Waals surface area contributed by atoms with Crippen LogP contribution in [0.4, 0.5) is 5.69 Å². The van der Waals surface area contributed by atoms with E-state index in [9.17, 15) is 4.79 Å². The molecule has 0 fully saturated rings. The van der Waals surface area contributed by atoms with E-state index in [1.54, 1.807) is 0 Å². The molecule has 0 atom stereocenters. The minimum absolute atomic E-state index is 0.149. The van der Waals surface area contributed by atoms with Crippen molar-refractivity contribution in [2.24, 2.45) is 0 Å². The Bertz CT molecular complexity index is 791. The van der Waals surface area contributed by atoms with Crippen LogP contribution in [0.3, 0.4) is 0 Å². The molecule has 5 nitrogen and oxygen atoms in total. The van der Waals surface area contributed by atoms with E-state index < -0.39 is 0 Å². The summed E-state index contributed by atoms with van der Waals surface area (Å²) < 4.78 is 0. The van der Waals surface area contributed by atoms with Crippen LogP contribution < -0.4 is 5.32 Å². The summed E-state index contributed by atoms with van der Waals surface area (Å²) in [6, 6.07) is 11.1. The van der Waals surface area contributed by atoms with Gasteiger partial charge in [0.05, 0.1) is 5.69 Å². The molecule has 100 valence electrons. The van der Waals surface area contributed by atoms with Crippen LogP contribution in [0.2, 0.25) is 0 Å². The number of amides is 1. The molecular formula is C15H14N4O. The van der Waals surface area contributed by atoms with Gasteiger partial charge in [-0.15, -0.1) is 0 Å². The van der Waals surface area contributed by atoms with Gasteiger partial charge in [0.15, 0.2) is 0 Å². The second kappa shape index (κ2) is 4.77. The van der Waals surface area contributed by atoms with Gasteiger partial charge in [-0.1, -0.05) is 12.1 Å². The molecule has 0 aliphatic heterocycles. The van der Waals surface area contributed by atoms with Gasteiger partial charge in [0.25, 0.3) is 5.91 Å². The molecule has 2 aromatic carbocycles. The lowest BCUT2D eigenvalue weighted by molar-refractivity contribution is 0.102. The third-order valence-electron chi connectivity index (χ3n) is 3.36. The Morgan fingerprint density at radius 3 is 2.75 bits per heavy atom. The van der Waals surface area contributed by atoms with Crippen LogP contribution in [0.5, 0.6) is 0 Å². The molecule has 0 aliphatic carbocycles. The monoisotopic (exact) mass is 266 g/mol. The Morgan fingerprint density at radius 1 is 1.10 bits per heavy atom. The summed E-state index contributed by atoms with van der Waals surface area (Å²) in [4.78, 5) is 12.3. The Balaban J connectivity index is 1.92. The van der Waals surface area contributed by atoms with E-state index in [0.717, 1.165) is 11.1 Å². The van der Waals surface area contributed by atoms with Gasteiger partial charge in [0, 0.05) is 5.56 Å². The number of fused-ring (bicyclic) bond motifs is 1. The van der Waals surface area contributed by atoms with Crippen molar-refractivity contribution < 1.29 is 4.79 Å². The van der Waals surface area contributed by atoms with Crippen LogP contribution in [0, 0.1) is 13.8 Å². The molecular weight excluding hydrogens is 252 g/mol. The van der Waals surface area contributed by atoms with E-state index in [1.165, 1.54) is 5.56 Å². The fourth-order valence-electron chi connectivity index (χ4n) is 2.05. The van der Waals surface area contributed by atoms with Crippen molar-refractivity contribution in [3.63, 3.8) is 0 Å². The number of H-pyrrole nitrogens is 1. The second-order valence-electron chi connectivity index (χ2n) is 4.75. The lowest BCUT2D eigenvalue weighted by Crippen LogP contribution is -2.12. The van der Waals surface area contributed by atoms with Gasteiger partial charge in [-0.3, -0.25) is 4.79 Å². The Kier molecular flexibility index (Phi) is 2.95. The van der Waals surface area contributed by atoms with E-state index >= 15 is 0 Å². The number of para-hydroxylation sites is 1. The van der Waals surface area contributed by atoms with Crippen LogP contribution in [0.15, 0.2) is 36.4 Å². The summed E-state index contributed by atoms with van der Waals surface area (Å²) in [5, 5.41) is 13.5. The summed E-state index contributed by atoms with van der Waals surface area (Å²) in [5.74, 6) is -0.149. The summed E-state index contributed by atoms with van der Waals surface area (Å²) >= 11 is 0. The highest BCUT2D eigenvalue weighted by Crippen LogP contribution is 2.20. The van der Waals surface area contributed by atoms with Gasteiger partial charge in [0.2, 0.25) is 0 Å². The van der Waals surface area contributed by atoms with Crippen LogP contribution in [0.1, 0.15) is 21.5 Å². The molecule has 20 heavy (non-hydrogen) atoms. The van der Waals surface area contributed by atoms with Crippen LogP contribution in [0.25, 0.3) is 11.0 Å². The quantitative estimate of drug-likeness (QED) is 0.749. The molecule has 2 N–H and O–H groups in total. The van der Waals surface area contributed by atoms with E-state index in [0.29, 0.717) is 16.8 Å². The first-order valence-electron chi connectivity index (χ1n) is 6.33. The van der Waals surface area contributed by atoms with Crippen molar-refractivity contribution in [2.45, 2.75) is 13.8 Å². The fraction of sp³-hybridized carbons (Fsp3) is 0.133. The highest BCUT2D eigenvalue weighted by Gasteiger charge is 2.10. The van der Waals surface area contributed by atoms with Gasteiger partial charge in [-0.25, -0.2) is 0 Å². The van der Waals surface area contributed by atoms with Crippen LogP contribution >= 0.6 is 0 Å². The van der Waals surface area contributed by atoms with Gasteiger partial charge >= 0.3 is 0 Å². The number of rotatable bonds is 2. The maximum Gasteiger partial charge on any atom is 0.255 e. The first-order valence-corrected chi connectivity index (χ1v) is 6.33. The SMILES string of the molecule is Cc1ccc(C(=O)Nc2cccc3n[nH]nc23)cc1C. The minimum Gasteiger partial charge on any atom is -0.320 e. The summed E-state index contributed by atoms with van der Waals surface area (Å²) in [6.45, 7) is 4.01. The second-order valence-corrected chi connectivity index (χ2v) is 4.75. The van der Waals surface area contributed by atoms with Crippen molar-refractivity contribution in [2.75, 3.05) is 5.32 Å². The zero-order valence-corrected chi connectivity index (χ0v) is 11.3. The fourth-order valence-corrected chi connectivity index (χ4v) is 2.05. The lowest BCUT2D eigenvalue weighted by atomic mass is 10.1. The number of hydrogen-bond donors (Lipinski definition) is 2. The number of benzene rings is 2. The molecule has 0 saturated carbocycles. The highest BCUT2D eigenvalue weighted by atomic mass is 16.1. The number of nitrogens with one attached hydrogen (secondary N) is 2. The largest absolute Gasteiger partial charge is 0.320 e. The smallest absolute Gasteiger partial charge is 0.255 e. The van der Waals surface area contributed by atoms with Gasteiger partial charge in [-0.2, -0.15) is 15.4 Å². The van der Waals surface area contributed by atoms with Crippen LogP contribution in [-0.4, -0.2) is 21.3 Å². The maximum absolute atomic E-state index is 12.3. The third-order valence-corrected chi connectivity index (χ3v) is 3.36. The molecule has 0 spiro atoms. The Hall–Kier alpha value is -2.69. The third kappa shape index (κ3) is 2.14. The van der Waals surface area contributed by atoms with E-state index in [1.807, 2.05) is 50.2 Å². The molecule has 1 heterocycles. The molecule has 1 aromatic heterocycles. The number of anilines is 1. The predicted molar refractivity (Wildman–Crippen MR) is 77.8 cm³/mol. The van der Waals surface area contributed by atoms with Crippen molar-refractivity contribution >= 4 is 22.6 Å². The van der Waals surface area contributed by atoms with Gasteiger partial charge in [0.1, 0.15) is 11.0 Å². The molecule has 0 unspecified atom stereocenters. The highest BCUT2D eigenvalue weighted by molar-refractivity contribution is 6.07. The Morgan fingerprint density at radius 2 is 1.95 bits per heavy atom. The Labute approximate surface area is 116 Å². The molecule has 0 saturated heterocycles. The minimum atomic E-state index is -0.149. The first-order chi connectivity index (χ1) is 9.65. The molecule has 0 aliphatic rings. The van der Waals surface area contributed by atoms with Crippen molar-refractivity contribution in [1.82, 2.24) is 15.4 Å². The zero-order chi connectivity index (χ0) is 14.1. The number of nitrogens with zero attached hydrogens (tertiary/aromatic N) is 2. The number of carbonyl (C=O) groups is 1. The number of aromatic amines is 1. The number of aromatic nitrogens is 3. The van der Waals surface area contributed by atoms with Gasteiger partial charge < -0.3 is 5.32 Å². The molecule has 3 rings (SSSR count). The maximum atomic E-state index is 12.3. The van der Waals surface area contributed by atoms with Crippen molar-refractivity contribution in [3.8, 4) is 0 Å². The first kappa shape index (κ1) is 12.3. The average Bonchev–Trinajstić information content (AvgIpc) is 2.91. The summed E-state index contributed by atoms with van der Waals surface area (Å²) in [7, 11) is 0. The predicted octanol–water partition coefficient (Wildman–Crippen LogP) is 2.83. The molecule has 1 amide bonds. The normalized spacial score (nSPS) is 10.7. The van der Waals surface area contributed by atoms with Gasteiger partial charge in [-0.05, 0) is 49.2 Å². The molecule has 5 heteroatoms. The van der Waals surface area contributed by atoms with E-state index in [2.05, 4.69) is 20.7 Å². The van der Waals surface area contributed by atoms with E-state index in [4.69, 9.17) is 0 Å². The van der Waals surface area contributed by atoms with Crippen molar-refractivity contribution in [1.29, 1.82) is 0 Å². The number of carbonyl (C=O) groups excluding carboxylic acids is 1. The molecule has 3 aromatic rings. The average molecular weight is 266 g/mol.